The lowest BCUT2D eigenvalue weighted by Gasteiger charge is -2.32. The monoisotopic (exact) mass is 380 g/mol. The lowest BCUT2D eigenvalue weighted by atomic mass is 10.1. The standard InChI is InChI=1S/C21H24N4O3/c26-16-24-9-11-25(12-10-24)21(28)19-13-18(14-22-15-19)20(27)23-8-4-7-17-5-2-1-3-6-17/h1-3,5-6,13-16H,4,7-12H2,(H,23,27). The molecule has 28 heavy (non-hydrogen) atoms. The van der Waals surface area contributed by atoms with E-state index in [9.17, 15) is 14.4 Å². The first-order valence-electron chi connectivity index (χ1n) is 9.43. The Hall–Kier alpha value is -3.22. The van der Waals surface area contributed by atoms with Gasteiger partial charge in [0.15, 0.2) is 0 Å². The van der Waals surface area contributed by atoms with Crippen molar-refractivity contribution < 1.29 is 14.4 Å². The molecule has 7 nitrogen and oxygen atoms in total. The van der Waals surface area contributed by atoms with Crippen LogP contribution >= 0.6 is 0 Å². The number of amides is 3. The van der Waals surface area contributed by atoms with Crippen molar-refractivity contribution in [3.8, 4) is 0 Å². The molecule has 3 amide bonds. The molecule has 146 valence electrons. The van der Waals surface area contributed by atoms with Crippen LogP contribution in [0, 0.1) is 0 Å². The summed E-state index contributed by atoms with van der Waals surface area (Å²) >= 11 is 0. The number of hydrogen-bond acceptors (Lipinski definition) is 4. The molecule has 0 aliphatic carbocycles. The van der Waals surface area contributed by atoms with Crippen LogP contribution in [0.2, 0.25) is 0 Å². The molecule has 0 radical (unpaired) electrons. The summed E-state index contributed by atoms with van der Waals surface area (Å²) in [7, 11) is 0. The summed E-state index contributed by atoms with van der Waals surface area (Å²) in [5.41, 5.74) is 1.99. The number of hydrogen-bond donors (Lipinski definition) is 1. The molecule has 7 heteroatoms. The molecule has 1 fully saturated rings. The van der Waals surface area contributed by atoms with Gasteiger partial charge in [-0.25, -0.2) is 0 Å². The Labute approximate surface area is 164 Å². The highest BCUT2D eigenvalue weighted by atomic mass is 16.2. The summed E-state index contributed by atoms with van der Waals surface area (Å²) in [5.74, 6) is -0.405. The van der Waals surface area contributed by atoms with E-state index in [1.54, 1.807) is 15.9 Å². The van der Waals surface area contributed by atoms with Crippen molar-refractivity contribution >= 4 is 18.2 Å². The van der Waals surface area contributed by atoms with Crippen LogP contribution in [0.25, 0.3) is 0 Å². The van der Waals surface area contributed by atoms with E-state index in [4.69, 9.17) is 0 Å². The second-order valence-corrected chi connectivity index (χ2v) is 6.74. The van der Waals surface area contributed by atoms with Crippen LogP contribution in [0.4, 0.5) is 0 Å². The minimum Gasteiger partial charge on any atom is -0.352 e. The van der Waals surface area contributed by atoms with Gasteiger partial charge >= 0.3 is 0 Å². The average molecular weight is 380 g/mol. The Morgan fingerprint density at radius 2 is 1.75 bits per heavy atom. The van der Waals surface area contributed by atoms with Crippen LogP contribution in [-0.2, 0) is 11.2 Å². The average Bonchev–Trinajstić information content (AvgIpc) is 2.77. The van der Waals surface area contributed by atoms with Gasteiger partial charge in [0.05, 0.1) is 11.1 Å². The van der Waals surface area contributed by atoms with Crippen LogP contribution in [0.5, 0.6) is 0 Å². The Morgan fingerprint density at radius 1 is 1.04 bits per heavy atom. The zero-order chi connectivity index (χ0) is 19.8. The van der Waals surface area contributed by atoms with Crippen molar-refractivity contribution in [1.29, 1.82) is 0 Å². The van der Waals surface area contributed by atoms with E-state index >= 15 is 0 Å². The molecule has 1 N–H and O–H groups in total. The van der Waals surface area contributed by atoms with Gasteiger partial charge in [-0.15, -0.1) is 0 Å². The predicted octanol–water partition coefficient (Wildman–Crippen LogP) is 1.36. The van der Waals surface area contributed by atoms with Crippen molar-refractivity contribution in [2.24, 2.45) is 0 Å². The smallest absolute Gasteiger partial charge is 0.255 e. The Kier molecular flexibility index (Phi) is 6.73. The van der Waals surface area contributed by atoms with Gasteiger partial charge < -0.3 is 15.1 Å². The predicted molar refractivity (Wildman–Crippen MR) is 105 cm³/mol. The summed E-state index contributed by atoms with van der Waals surface area (Å²) in [6.07, 6.45) is 5.47. The Bertz CT molecular complexity index is 817. The van der Waals surface area contributed by atoms with Crippen LogP contribution in [0.3, 0.4) is 0 Å². The summed E-state index contributed by atoms with van der Waals surface area (Å²) < 4.78 is 0. The van der Waals surface area contributed by atoms with Crippen molar-refractivity contribution in [3.05, 3.63) is 65.5 Å². The first kappa shape index (κ1) is 19.5. The molecule has 2 heterocycles. The molecule has 0 unspecified atom stereocenters. The summed E-state index contributed by atoms with van der Waals surface area (Å²) in [4.78, 5) is 43.2. The molecule has 1 aliphatic rings. The number of nitrogens with one attached hydrogen (secondary N) is 1. The molecule has 1 aliphatic heterocycles. The quantitative estimate of drug-likeness (QED) is 0.581. The molecule has 1 aromatic heterocycles. The van der Waals surface area contributed by atoms with E-state index < -0.39 is 0 Å². The van der Waals surface area contributed by atoms with Crippen molar-refractivity contribution in [1.82, 2.24) is 20.1 Å². The van der Waals surface area contributed by atoms with Crippen molar-refractivity contribution in [3.63, 3.8) is 0 Å². The zero-order valence-corrected chi connectivity index (χ0v) is 15.7. The fourth-order valence-electron chi connectivity index (χ4n) is 3.14. The van der Waals surface area contributed by atoms with Gasteiger partial charge in [0, 0.05) is 45.1 Å². The highest BCUT2D eigenvalue weighted by Crippen LogP contribution is 2.10. The van der Waals surface area contributed by atoms with Gasteiger partial charge in [0.25, 0.3) is 11.8 Å². The Morgan fingerprint density at radius 3 is 2.46 bits per heavy atom. The number of benzene rings is 1. The SMILES string of the molecule is O=CN1CCN(C(=O)c2cncc(C(=O)NCCCc3ccccc3)c2)CC1. The van der Waals surface area contributed by atoms with E-state index in [1.807, 2.05) is 18.2 Å². The number of aryl methyl sites for hydroxylation is 1. The number of carbonyl (C=O) groups excluding carboxylic acids is 3. The highest BCUT2D eigenvalue weighted by Gasteiger charge is 2.22. The molecule has 1 saturated heterocycles. The number of aromatic nitrogens is 1. The molecule has 0 bridgehead atoms. The lowest BCUT2D eigenvalue weighted by Crippen LogP contribution is -2.48. The molecular formula is C21H24N4O3. The maximum atomic E-state index is 12.6. The van der Waals surface area contributed by atoms with Gasteiger partial charge in [-0.1, -0.05) is 30.3 Å². The summed E-state index contributed by atoms with van der Waals surface area (Å²) in [6, 6.07) is 11.7. The fourth-order valence-corrected chi connectivity index (χ4v) is 3.14. The Balaban J connectivity index is 1.51. The van der Waals surface area contributed by atoms with Crippen LogP contribution in [-0.4, -0.2) is 65.7 Å². The van der Waals surface area contributed by atoms with E-state index in [0.29, 0.717) is 43.9 Å². The second kappa shape index (κ2) is 9.64. The third-order valence-corrected chi connectivity index (χ3v) is 4.77. The first-order chi connectivity index (χ1) is 13.7. The van der Waals surface area contributed by atoms with Crippen LogP contribution < -0.4 is 5.32 Å². The van der Waals surface area contributed by atoms with Gasteiger partial charge in [-0.2, -0.15) is 0 Å². The molecule has 1 aromatic carbocycles. The summed E-state index contributed by atoms with van der Waals surface area (Å²) in [6.45, 7) is 2.55. The normalized spacial score (nSPS) is 13.9. The lowest BCUT2D eigenvalue weighted by molar-refractivity contribution is -0.119. The number of carbonyl (C=O) groups is 3. The number of piperazine rings is 1. The van der Waals surface area contributed by atoms with Crippen LogP contribution in [0.1, 0.15) is 32.7 Å². The highest BCUT2D eigenvalue weighted by molar-refractivity contribution is 5.99. The number of pyridine rings is 1. The van der Waals surface area contributed by atoms with Gasteiger partial charge in [-0.3, -0.25) is 19.4 Å². The van der Waals surface area contributed by atoms with Crippen LogP contribution in [0.15, 0.2) is 48.8 Å². The third-order valence-electron chi connectivity index (χ3n) is 4.77. The minimum absolute atomic E-state index is 0.170. The van der Waals surface area contributed by atoms with Gasteiger partial charge in [0.2, 0.25) is 6.41 Å². The van der Waals surface area contributed by atoms with E-state index in [1.165, 1.54) is 18.0 Å². The maximum Gasteiger partial charge on any atom is 0.255 e. The van der Waals surface area contributed by atoms with Gasteiger partial charge in [-0.05, 0) is 24.5 Å². The fraction of sp³-hybridized carbons (Fsp3) is 0.333. The third kappa shape index (κ3) is 5.16. The van der Waals surface area contributed by atoms with Gasteiger partial charge in [0.1, 0.15) is 0 Å². The van der Waals surface area contributed by atoms with E-state index in [2.05, 4.69) is 22.4 Å². The van der Waals surface area contributed by atoms with Crippen molar-refractivity contribution in [2.45, 2.75) is 12.8 Å². The molecule has 3 rings (SSSR count). The topological polar surface area (TPSA) is 82.6 Å². The largest absolute Gasteiger partial charge is 0.352 e. The van der Waals surface area contributed by atoms with E-state index in [-0.39, 0.29) is 11.8 Å². The molecule has 0 atom stereocenters. The molecule has 0 saturated carbocycles. The van der Waals surface area contributed by atoms with E-state index in [0.717, 1.165) is 19.3 Å². The minimum atomic E-state index is -0.235. The molecular weight excluding hydrogens is 356 g/mol. The second-order valence-electron chi connectivity index (χ2n) is 6.74. The zero-order valence-electron chi connectivity index (χ0n) is 15.7. The first-order valence-corrected chi connectivity index (χ1v) is 9.43. The molecule has 2 aromatic rings. The number of rotatable bonds is 7. The van der Waals surface area contributed by atoms with Crippen molar-refractivity contribution in [2.75, 3.05) is 32.7 Å². The molecule has 0 spiro atoms. The maximum absolute atomic E-state index is 12.6. The summed E-state index contributed by atoms with van der Waals surface area (Å²) in [5, 5.41) is 2.88. The number of nitrogens with zero attached hydrogens (tertiary/aromatic N) is 3.